The zero-order valence-corrected chi connectivity index (χ0v) is 11.8. The third kappa shape index (κ3) is 3.08. The van der Waals surface area contributed by atoms with Crippen LogP contribution in [0.4, 0.5) is 0 Å². The maximum absolute atomic E-state index is 8.97. The second kappa shape index (κ2) is 6.08. The SMILES string of the molecule is CCn1nc(C)c(Cl)c1COc1ccc(CO)cc1. The first-order valence-electron chi connectivity index (χ1n) is 6.20. The zero-order valence-electron chi connectivity index (χ0n) is 11.1. The molecule has 0 aliphatic rings. The van der Waals surface area contributed by atoms with Gasteiger partial charge in [0.15, 0.2) is 0 Å². The number of rotatable bonds is 5. The molecule has 0 saturated carbocycles. The van der Waals surface area contributed by atoms with Gasteiger partial charge in [-0.1, -0.05) is 23.7 Å². The van der Waals surface area contributed by atoms with E-state index in [1.54, 1.807) is 0 Å². The molecule has 1 aromatic heterocycles. The highest BCUT2D eigenvalue weighted by Crippen LogP contribution is 2.22. The third-order valence-corrected chi connectivity index (χ3v) is 3.43. The molecule has 0 bridgehead atoms. The molecule has 2 rings (SSSR count). The standard InChI is InChI=1S/C14H17ClN2O2/c1-3-17-13(14(15)10(2)16-17)9-19-12-6-4-11(8-18)5-7-12/h4-7,18H,3,8-9H2,1-2H3. The first-order valence-corrected chi connectivity index (χ1v) is 6.57. The van der Waals surface area contributed by atoms with Crippen molar-refractivity contribution < 1.29 is 9.84 Å². The number of hydrogen-bond acceptors (Lipinski definition) is 3. The largest absolute Gasteiger partial charge is 0.487 e. The van der Waals surface area contributed by atoms with Gasteiger partial charge in [0.05, 0.1) is 23.0 Å². The average molecular weight is 281 g/mol. The Bertz CT molecular complexity index is 549. The van der Waals surface area contributed by atoms with Crippen LogP contribution in [0.3, 0.4) is 0 Å². The van der Waals surface area contributed by atoms with Crippen molar-refractivity contribution in [2.75, 3.05) is 0 Å². The van der Waals surface area contributed by atoms with Crippen LogP contribution in [0.25, 0.3) is 0 Å². The molecule has 0 fully saturated rings. The fraction of sp³-hybridized carbons (Fsp3) is 0.357. The molecule has 2 aromatic rings. The van der Waals surface area contributed by atoms with Gasteiger partial charge in [-0.2, -0.15) is 5.10 Å². The molecule has 1 aromatic carbocycles. The molecule has 0 atom stereocenters. The van der Waals surface area contributed by atoms with Crippen molar-refractivity contribution in [3.8, 4) is 5.75 Å². The maximum atomic E-state index is 8.97. The van der Waals surface area contributed by atoms with E-state index in [0.29, 0.717) is 11.6 Å². The van der Waals surface area contributed by atoms with Crippen LogP contribution in [-0.2, 0) is 19.8 Å². The smallest absolute Gasteiger partial charge is 0.131 e. The van der Waals surface area contributed by atoms with Gasteiger partial charge in [-0.25, -0.2) is 0 Å². The van der Waals surface area contributed by atoms with Crippen LogP contribution in [0.2, 0.25) is 5.02 Å². The first-order chi connectivity index (χ1) is 9.15. The molecule has 0 aliphatic carbocycles. The molecule has 0 amide bonds. The molecule has 4 nitrogen and oxygen atoms in total. The van der Waals surface area contributed by atoms with Crippen LogP contribution in [0, 0.1) is 6.92 Å². The zero-order chi connectivity index (χ0) is 13.8. The Hall–Kier alpha value is -1.52. The van der Waals surface area contributed by atoms with E-state index in [4.69, 9.17) is 21.4 Å². The van der Waals surface area contributed by atoms with E-state index in [1.165, 1.54) is 0 Å². The van der Waals surface area contributed by atoms with E-state index >= 15 is 0 Å². The van der Waals surface area contributed by atoms with E-state index < -0.39 is 0 Å². The summed E-state index contributed by atoms with van der Waals surface area (Å²) >= 11 is 6.21. The molecule has 1 heterocycles. The normalized spacial score (nSPS) is 10.7. The monoisotopic (exact) mass is 280 g/mol. The quantitative estimate of drug-likeness (QED) is 0.916. The summed E-state index contributed by atoms with van der Waals surface area (Å²) in [6.07, 6.45) is 0. The lowest BCUT2D eigenvalue weighted by Crippen LogP contribution is -2.06. The predicted octanol–water partition coefficient (Wildman–Crippen LogP) is 2.94. The lowest BCUT2D eigenvalue weighted by molar-refractivity contribution is 0.279. The molecule has 5 heteroatoms. The summed E-state index contributed by atoms with van der Waals surface area (Å²) < 4.78 is 7.55. The molecule has 0 aliphatic heterocycles. The highest BCUT2D eigenvalue weighted by Gasteiger charge is 2.12. The van der Waals surface area contributed by atoms with Gasteiger partial charge in [-0.3, -0.25) is 4.68 Å². The van der Waals surface area contributed by atoms with Crippen molar-refractivity contribution in [2.24, 2.45) is 0 Å². The van der Waals surface area contributed by atoms with Gasteiger partial charge in [0.1, 0.15) is 12.4 Å². The Labute approximate surface area is 117 Å². The van der Waals surface area contributed by atoms with Crippen LogP contribution in [-0.4, -0.2) is 14.9 Å². The number of ether oxygens (including phenoxy) is 1. The number of nitrogens with zero attached hydrogens (tertiary/aromatic N) is 2. The Morgan fingerprint density at radius 2 is 2.00 bits per heavy atom. The van der Waals surface area contributed by atoms with E-state index in [2.05, 4.69) is 5.10 Å². The Morgan fingerprint density at radius 1 is 1.32 bits per heavy atom. The van der Waals surface area contributed by atoms with Gasteiger partial charge in [-0.05, 0) is 31.5 Å². The molecule has 0 saturated heterocycles. The van der Waals surface area contributed by atoms with Crippen LogP contribution >= 0.6 is 11.6 Å². The van der Waals surface area contributed by atoms with Gasteiger partial charge < -0.3 is 9.84 Å². The summed E-state index contributed by atoms with van der Waals surface area (Å²) in [5.41, 5.74) is 2.56. The van der Waals surface area contributed by atoms with Gasteiger partial charge in [0, 0.05) is 6.54 Å². The average Bonchev–Trinajstić information content (AvgIpc) is 2.72. The highest BCUT2D eigenvalue weighted by molar-refractivity contribution is 6.31. The van der Waals surface area contributed by atoms with Gasteiger partial charge in [0.2, 0.25) is 0 Å². The highest BCUT2D eigenvalue weighted by atomic mass is 35.5. The molecule has 0 unspecified atom stereocenters. The Morgan fingerprint density at radius 3 is 2.58 bits per heavy atom. The lowest BCUT2D eigenvalue weighted by Gasteiger charge is -2.08. The summed E-state index contributed by atoms with van der Waals surface area (Å²) in [6.45, 7) is 5.08. The number of aliphatic hydroxyl groups excluding tert-OH is 1. The van der Waals surface area contributed by atoms with E-state index in [1.807, 2.05) is 42.8 Å². The van der Waals surface area contributed by atoms with Gasteiger partial charge in [-0.15, -0.1) is 0 Å². The Balaban J connectivity index is 2.09. The number of benzene rings is 1. The van der Waals surface area contributed by atoms with Crippen molar-refractivity contribution in [3.05, 3.63) is 46.2 Å². The second-order valence-corrected chi connectivity index (χ2v) is 4.63. The van der Waals surface area contributed by atoms with E-state index in [-0.39, 0.29) is 6.61 Å². The summed E-state index contributed by atoms with van der Waals surface area (Å²) in [6, 6.07) is 7.33. The van der Waals surface area contributed by atoms with Gasteiger partial charge >= 0.3 is 0 Å². The number of aryl methyl sites for hydroxylation is 2. The van der Waals surface area contributed by atoms with Crippen molar-refractivity contribution in [2.45, 2.75) is 33.6 Å². The number of aromatic nitrogens is 2. The minimum atomic E-state index is 0.0356. The van der Waals surface area contributed by atoms with Crippen LogP contribution in [0.1, 0.15) is 23.9 Å². The molecule has 0 radical (unpaired) electrons. The summed E-state index contributed by atoms with van der Waals surface area (Å²) in [7, 11) is 0. The van der Waals surface area contributed by atoms with Crippen LogP contribution in [0.5, 0.6) is 5.75 Å². The molecule has 1 N–H and O–H groups in total. The molecule has 102 valence electrons. The topological polar surface area (TPSA) is 47.3 Å². The Kier molecular flexibility index (Phi) is 4.45. The fourth-order valence-corrected chi connectivity index (χ4v) is 2.04. The second-order valence-electron chi connectivity index (χ2n) is 4.25. The number of aliphatic hydroxyl groups is 1. The summed E-state index contributed by atoms with van der Waals surface area (Å²) in [4.78, 5) is 0. The minimum absolute atomic E-state index is 0.0356. The minimum Gasteiger partial charge on any atom is -0.487 e. The van der Waals surface area contributed by atoms with E-state index in [9.17, 15) is 0 Å². The predicted molar refractivity (Wildman–Crippen MR) is 74.3 cm³/mol. The van der Waals surface area contributed by atoms with Crippen molar-refractivity contribution in [1.29, 1.82) is 0 Å². The summed E-state index contributed by atoms with van der Waals surface area (Å²) in [5.74, 6) is 0.745. The number of hydrogen-bond donors (Lipinski definition) is 1. The molecular weight excluding hydrogens is 264 g/mol. The van der Waals surface area contributed by atoms with Crippen molar-refractivity contribution in [3.63, 3.8) is 0 Å². The third-order valence-electron chi connectivity index (χ3n) is 2.93. The van der Waals surface area contributed by atoms with Crippen LogP contribution in [0.15, 0.2) is 24.3 Å². The van der Waals surface area contributed by atoms with E-state index in [0.717, 1.165) is 29.2 Å². The van der Waals surface area contributed by atoms with Crippen molar-refractivity contribution in [1.82, 2.24) is 9.78 Å². The van der Waals surface area contributed by atoms with Crippen molar-refractivity contribution >= 4 is 11.6 Å². The maximum Gasteiger partial charge on any atom is 0.131 e. The van der Waals surface area contributed by atoms with Crippen LogP contribution < -0.4 is 4.74 Å². The van der Waals surface area contributed by atoms with Gasteiger partial charge in [0.25, 0.3) is 0 Å². The summed E-state index contributed by atoms with van der Waals surface area (Å²) in [5, 5.41) is 14.0. The lowest BCUT2D eigenvalue weighted by atomic mass is 10.2. The molecule has 19 heavy (non-hydrogen) atoms. The number of halogens is 1. The fourth-order valence-electron chi connectivity index (χ4n) is 1.85. The molecular formula is C14H17ClN2O2. The molecule has 0 spiro atoms. The first kappa shape index (κ1) is 13.9.